The van der Waals surface area contributed by atoms with E-state index in [0.717, 1.165) is 52.4 Å². The van der Waals surface area contributed by atoms with Gasteiger partial charge in [0.2, 0.25) is 0 Å². The zero-order valence-electron chi connectivity index (χ0n) is 19.5. The zero-order valence-corrected chi connectivity index (χ0v) is 20.4. The van der Waals surface area contributed by atoms with E-state index in [1.165, 1.54) is 22.5 Å². The first-order valence-corrected chi connectivity index (χ1v) is 12.4. The molecule has 0 aliphatic carbocycles. The third-order valence-corrected chi connectivity index (χ3v) is 7.47. The van der Waals surface area contributed by atoms with Crippen LogP contribution in [0.15, 0.2) is 67.5 Å². The molecule has 6 rings (SSSR count). The van der Waals surface area contributed by atoms with Gasteiger partial charge in [0.05, 0.1) is 22.5 Å². The highest BCUT2D eigenvalue weighted by atomic mass is 32.1. The fraction of sp³-hybridized carbons (Fsp3) is 0.231. The lowest BCUT2D eigenvalue weighted by molar-refractivity contribution is 0.223. The van der Waals surface area contributed by atoms with Crippen LogP contribution in [0.4, 0.5) is 5.13 Å². The molecule has 0 radical (unpaired) electrons. The van der Waals surface area contributed by atoms with Crippen molar-refractivity contribution in [1.29, 1.82) is 0 Å². The summed E-state index contributed by atoms with van der Waals surface area (Å²) in [5.74, 6) is 0.986. The van der Waals surface area contributed by atoms with Gasteiger partial charge in [-0.05, 0) is 55.7 Å². The number of fused-ring (bicyclic) bond motifs is 1. The second-order valence-electron chi connectivity index (χ2n) is 8.80. The van der Waals surface area contributed by atoms with Gasteiger partial charge in [0.25, 0.3) is 0 Å². The molecule has 1 aromatic carbocycles. The van der Waals surface area contributed by atoms with Crippen LogP contribution in [0.2, 0.25) is 0 Å². The monoisotopic (exact) mass is 483 g/mol. The summed E-state index contributed by atoms with van der Waals surface area (Å²) in [5.41, 5.74) is 6.34. The van der Waals surface area contributed by atoms with Crippen LogP contribution in [0.5, 0.6) is 0 Å². The second-order valence-corrected chi connectivity index (χ2v) is 9.84. The Kier molecular flexibility index (Phi) is 5.43. The number of aliphatic hydroxyl groups is 1. The molecule has 0 saturated carbocycles. The van der Waals surface area contributed by atoms with E-state index in [1.54, 1.807) is 29.5 Å². The summed E-state index contributed by atoms with van der Waals surface area (Å²) in [6, 6.07) is 10.4. The van der Waals surface area contributed by atoms with Crippen molar-refractivity contribution in [2.24, 2.45) is 0 Å². The zero-order chi connectivity index (χ0) is 23.9. The summed E-state index contributed by atoms with van der Waals surface area (Å²) in [5, 5.41) is 16.2. The predicted octanol–water partition coefficient (Wildman–Crippen LogP) is 4.17. The molecule has 176 valence electrons. The molecule has 0 bridgehead atoms. The molecule has 1 aliphatic heterocycles. The molecule has 4 aromatic heterocycles. The normalized spacial score (nSPS) is 14.2. The molecule has 1 aliphatic rings. The van der Waals surface area contributed by atoms with E-state index in [0.29, 0.717) is 5.56 Å². The third-order valence-electron chi connectivity index (χ3n) is 6.36. The number of imidazole rings is 1. The highest BCUT2D eigenvalue weighted by molar-refractivity contribution is 7.15. The van der Waals surface area contributed by atoms with Crippen LogP contribution in [-0.4, -0.2) is 41.0 Å². The Morgan fingerprint density at radius 3 is 2.77 bits per heavy atom. The van der Waals surface area contributed by atoms with Crippen LogP contribution >= 0.6 is 11.3 Å². The van der Waals surface area contributed by atoms with Gasteiger partial charge in [0.1, 0.15) is 11.9 Å². The van der Waals surface area contributed by atoms with Crippen molar-refractivity contribution in [1.82, 2.24) is 29.3 Å². The summed E-state index contributed by atoms with van der Waals surface area (Å²) in [7, 11) is 0. The van der Waals surface area contributed by atoms with Crippen molar-refractivity contribution < 1.29 is 5.11 Å². The maximum absolute atomic E-state index is 11.0. The number of anilines is 1. The molecular weight excluding hydrogens is 458 g/mol. The van der Waals surface area contributed by atoms with E-state index >= 15 is 0 Å². The lowest BCUT2D eigenvalue weighted by Gasteiger charge is -2.29. The first-order valence-electron chi connectivity index (χ1n) is 11.5. The van der Waals surface area contributed by atoms with Crippen molar-refractivity contribution >= 4 is 16.5 Å². The smallest absolute Gasteiger partial charge is 0.185 e. The van der Waals surface area contributed by atoms with Gasteiger partial charge >= 0.3 is 0 Å². The number of aliphatic hydroxyl groups excluding tert-OH is 1. The Morgan fingerprint density at radius 2 is 1.97 bits per heavy atom. The van der Waals surface area contributed by atoms with Crippen LogP contribution in [0.3, 0.4) is 0 Å². The molecule has 8 nitrogen and oxygen atoms in total. The van der Waals surface area contributed by atoms with Gasteiger partial charge in [-0.25, -0.2) is 14.6 Å². The Morgan fingerprint density at radius 1 is 1.06 bits per heavy atom. The molecule has 1 atom stereocenters. The largest absolute Gasteiger partial charge is 0.383 e. The van der Waals surface area contributed by atoms with Gasteiger partial charge in [-0.2, -0.15) is 5.10 Å². The van der Waals surface area contributed by atoms with Crippen molar-refractivity contribution in [3.8, 4) is 11.4 Å². The van der Waals surface area contributed by atoms with E-state index in [2.05, 4.69) is 53.9 Å². The second kappa shape index (κ2) is 8.75. The molecule has 5 aromatic rings. The number of aryl methyl sites for hydroxylation is 2. The maximum atomic E-state index is 11.0. The molecule has 1 unspecified atom stereocenters. The highest BCUT2D eigenvalue weighted by Gasteiger charge is 2.22. The van der Waals surface area contributed by atoms with Gasteiger partial charge < -0.3 is 14.6 Å². The van der Waals surface area contributed by atoms with E-state index < -0.39 is 6.10 Å². The fourth-order valence-electron chi connectivity index (χ4n) is 4.59. The molecule has 35 heavy (non-hydrogen) atoms. The van der Waals surface area contributed by atoms with Gasteiger partial charge in [-0.1, -0.05) is 17.4 Å². The summed E-state index contributed by atoms with van der Waals surface area (Å²) in [6.45, 7) is 5.73. The molecular formula is C26H25N7OS. The minimum Gasteiger partial charge on any atom is -0.383 e. The number of nitrogens with zero attached hydrogens (tertiary/aromatic N) is 7. The SMILES string of the molecule is Cc1cn(-c2ccc3c(c2)CN(c2ncc(C(O)c4cncc(-n5cccn5)c4)s2)CC3)c(C)n1. The van der Waals surface area contributed by atoms with E-state index in [9.17, 15) is 5.11 Å². The number of hydrogen-bond donors (Lipinski definition) is 1. The molecule has 0 saturated heterocycles. The van der Waals surface area contributed by atoms with E-state index in [4.69, 9.17) is 0 Å². The summed E-state index contributed by atoms with van der Waals surface area (Å²) < 4.78 is 3.87. The Hall–Kier alpha value is -3.82. The summed E-state index contributed by atoms with van der Waals surface area (Å²) in [4.78, 5) is 16.6. The van der Waals surface area contributed by atoms with E-state index in [-0.39, 0.29) is 0 Å². The van der Waals surface area contributed by atoms with Gasteiger partial charge in [-0.3, -0.25) is 4.98 Å². The number of rotatable bonds is 5. The standard InChI is InChI=1S/C26H25N7OS/c1-17-15-32(18(2)30-17)22-5-4-19-6-9-31(16-21(19)11-22)26-28-14-24(35-26)25(34)20-10-23(13-27-12-20)33-8-3-7-29-33/h3-5,7-8,10-15,25,34H,6,9,16H2,1-2H3. The Labute approximate surface area is 207 Å². The lowest BCUT2D eigenvalue weighted by atomic mass is 9.99. The van der Waals surface area contributed by atoms with Crippen LogP contribution in [0.25, 0.3) is 11.4 Å². The topological polar surface area (TPSA) is 84.9 Å². The number of thiazole rings is 1. The van der Waals surface area contributed by atoms with Crippen LogP contribution in [-0.2, 0) is 13.0 Å². The minimum absolute atomic E-state index is 0.716. The van der Waals surface area contributed by atoms with Crippen LogP contribution in [0, 0.1) is 13.8 Å². The summed E-state index contributed by atoms with van der Waals surface area (Å²) >= 11 is 1.53. The molecule has 9 heteroatoms. The molecule has 1 N–H and O–H groups in total. The number of benzene rings is 1. The number of hydrogen-bond acceptors (Lipinski definition) is 7. The number of aromatic nitrogens is 6. The van der Waals surface area contributed by atoms with Crippen molar-refractivity contribution in [2.45, 2.75) is 32.9 Å². The fourth-order valence-corrected chi connectivity index (χ4v) is 5.55. The highest BCUT2D eigenvalue weighted by Crippen LogP contribution is 2.34. The van der Waals surface area contributed by atoms with Crippen LogP contribution < -0.4 is 4.90 Å². The van der Waals surface area contributed by atoms with Crippen LogP contribution in [0.1, 0.15) is 39.2 Å². The van der Waals surface area contributed by atoms with Crippen molar-refractivity contribution in [2.75, 3.05) is 11.4 Å². The van der Waals surface area contributed by atoms with Crippen molar-refractivity contribution in [3.05, 3.63) is 101 Å². The first-order chi connectivity index (χ1) is 17.0. The minimum atomic E-state index is -0.791. The molecule has 0 amide bonds. The molecule has 5 heterocycles. The van der Waals surface area contributed by atoms with Gasteiger partial charge in [0.15, 0.2) is 5.13 Å². The average molecular weight is 484 g/mol. The summed E-state index contributed by atoms with van der Waals surface area (Å²) in [6.07, 6.45) is 11.0. The van der Waals surface area contributed by atoms with Crippen molar-refractivity contribution in [3.63, 3.8) is 0 Å². The Balaban J connectivity index is 1.23. The molecule has 0 fully saturated rings. The number of pyridine rings is 1. The first kappa shape index (κ1) is 21.7. The predicted molar refractivity (Wildman–Crippen MR) is 135 cm³/mol. The maximum Gasteiger partial charge on any atom is 0.185 e. The van der Waals surface area contributed by atoms with E-state index in [1.807, 2.05) is 32.2 Å². The molecule has 0 spiro atoms. The quantitative estimate of drug-likeness (QED) is 0.404. The van der Waals surface area contributed by atoms with Gasteiger partial charge in [0, 0.05) is 55.3 Å². The third kappa shape index (κ3) is 4.13. The van der Waals surface area contributed by atoms with Gasteiger partial charge in [-0.15, -0.1) is 0 Å². The lowest BCUT2D eigenvalue weighted by Crippen LogP contribution is -2.30. The average Bonchev–Trinajstić information content (AvgIpc) is 3.64. The Bertz CT molecular complexity index is 1490.